The Labute approximate surface area is 241 Å². The van der Waals surface area contributed by atoms with Gasteiger partial charge in [-0.2, -0.15) is 0 Å². The van der Waals surface area contributed by atoms with Gasteiger partial charge in [-0.3, -0.25) is 19.2 Å². The van der Waals surface area contributed by atoms with E-state index in [2.05, 4.69) is 13.2 Å². The quantitative estimate of drug-likeness (QED) is 0.275. The zero-order chi connectivity index (χ0) is 30.0. The fourth-order valence-electron chi connectivity index (χ4n) is 5.19. The molecule has 2 saturated heterocycles. The van der Waals surface area contributed by atoms with Crippen LogP contribution in [0.25, 0.3) is 0 Å². The number of nitrogens with zero attached hydrogens (tertiary/aromatic N) is 2. The van der Waals surface area contributed by atoms with Gasteiger partial charge < -0.3 is 14.5 Å². The van der Waals surface area contributed by atoms with Crippen LogP contribution in [0, 0.1) is 0 Å². The van der Waals surface area contributed by atoms with Gasteiger partial charge in [0.25, 0.3) is 11.8 Å². The van der Waals surface area contributed by atoms with Crippen LogP contribution < -0.4 is 0 Å². The molecule has 0 N–H and O–H groups in total. The van der Waals surface area contributed by atoms with Crippen molar-refractivity contribution < 1.29 is 28.7 Å². The van der Waals surface area contributed by atoms with Crippen LogP contribution in [0.4, 0.5) is 0 Å². The van der Waals surface area contributed by atoms with E-state index in [9.17, 15) is 24.0 Å². The molecule has 2 fully saturated rings. The molecule has 0 radical (unpaired) electrons. The highest BCUT2D eigenvalue weighted by atomic mass is 16.5. The van der Waals surface area contributed by atoms with Gasteiger partial charge in [-0.25, -0.2) is 4.79 Å². The average molecular weight is 559 g/mol. The smallest absolute Gasteiger partial charge is 0.339 e. The number of hydrogen-bond donors (Lipinski definition) is 0. The lowest BCUT2D eigenvalue weighted by molar-refractivity contribution is -0.161. The molecule has 4 rings (SSSR count). The van der Waals surface area contributed by atoms with Gasteiger partial charge in [0, 0.05) is 37.1 Å². The van der Waals surface area contributed by atoms with E-state index in [4.69, 9.17) is 4.74 Å². The zero-order valence-corrected chi connectivity index (χ0v) is 23.8. The van der Waals surface area contributed by atoms with Gasteiger partial charge in [0.2, 0.25) is 0 Å². The average Bonchev–Trinajstić information content (AvgIpc) is 2.99. The summed E-state index contributed by atoms with van der Waals surface area (Å²) in [7, 11) is 0. The number of piperidine rings is 2. The van der Waals surface area contributed by atoms with E-state index >= 15 is 0 Å². The van der Waals surface area contributed by atoms with Gasteiger partial charge in [0.05, 0.1) is 0 Å². The highest BCUT2D eigenvalue weighted by molar-refractivity contribution is 6.13. The van der Waals surface area contributed by atoms with E-state index in [1.165, 1.54) is 17.9 Å². The molecule has 0 aromatic heterocycles. The molecule has 2 atom stereocenters. The normalized spacial score (nSPS) is 22.2. The molecule has 8 heteroatoms. The first-order valence-electron chi connectivity index (χ1n) is 13.8. The first-order valence-corrected chi connectivity index (χ1v) is 13.8. The molecule has 216 valence electrons. The van der Waals surface area contributed by atoms with E-state index in [1.54, 1.807) is 53.4 Å². The summed E-state index contributed by atoms with van der Waals surface area (Å²) in [6.07, 6.45) is 5.74. The molecule has 2 heterocycles. The fraction of sp³-hybridized carbons (Fsp3) is 0.364. The second-order valence-corrected chi connectivity index (χ2v) is 10.4. The van der Waals surface area contributed by atoms with Crippen molar-refractivity contribution in [3.8, 4) is 0 Å². The highest BCUT2D eigenvalue weighted by Crippen LogP contribution is 2.30. The van der Waals surface area contributed by atoms with Crippen molar-refractivity contribution in [1.82, 2.24) is 9.80 Å². The number of ether oxygens (including phenoxy) is 1. The summed E-state index contributed by atoms with van der Waals surface area (Å²) in [5.74, 6) is -1.29. The number of likely N-dealkylation sites (tertiary alicyclic amines) is 2. The molecule has 1 unspecified atom stereocenters. The number of Topliss-reactive ketones (excluding diaryl/α,β-unsaturated/α-hetero) is 2. The Morgan fingerprint density at radius 2 is 1.27 bits per heavy atom. The Balaban J connectivity index is 0.000000228. The standard InChI is InChI=1S/C17H19NO4.C16H19NO2/c1-3-12-22-16(21)17(2)14(19)10-7-11-18(17)15(20)13-8-5-4-6-9-13;1-3-11-16(2)14(18)10-7-12-17(16)15(19)13-8-5-4-6-9-13/h3-6,8-9H,1,7,10-12H2,2H3;3-6,8-9H,1,7,10-12H2,2H3/t;16-/m.0/s1. The van der Waals surface area contributed by atoms with Crippen LogP contribution in [0.3, 0.4) is 0 Å². The third kappa shape index (κ3) is 6.70. The van der Waals surface area contributed by atoms with Crippen LogP contribution in [0.5, 0.6) is 0 Å². The molecule has 0 bridgehead atoms. The number of amides is 2. The summed E-state index contributed by atoms with van der Waals surface area (Å²) in [6, 6.07) is 17.7. The minimum atomic E-state index is -1.58. The maximum atomic E-state index is 12.7. The molecule has 2 amide bonds. The lowest BCUT2D eigenvalue weighted by Crippen LogP contribution is -2.63. The molecule has 8 nitrogen and oxygen atoms in total. The van der Waals surface area contributed by atoms with Crippen molar-refractivity contribution in [1.29, 1.82) is 0 Å². The summed E-state index contributed by atoms with van der Waals surface area (Å²) < 4.78 is 5.05. The zero-order valence-electron chi connectivity index (χ0n) is 23.8. The molecule has 2 aliphatic rings. The fourth-order valence-corrected chi connectivity index (χ4v) is 5.19. The van der Waals surface area contributed by atoms with Gasteiger partial charge in [-0.05, 0) is 57.4 Å². The van der Waals surface area contributed by atoms with Crippen LogP contribution in [-0.4, -0.2) is 69.9 Å². The predicted molar refractivity (Wildman–Crippen MR) is 156 cm³/mol. The van der Waals surface area contributed by atoms with Crippen molar-refractivity contribution in [2.75, 3.05) is 19.7 Å². The Morgan fingerprint density at radius 3 is 1.78 bits per heavy atom. The number of benzene rings is 2. The minimum absolute atomic E-state index is 0.00900. The number of carbonyl (C=O) groups excluding carboxylic acids is 5. The van der Waals surface area contributed by atoms with Crippen molar-refractivity contribution in [2.24, 2.45) is 0 Å². The first kappa shape index (κ1) is 31.2. The van der Waals surface area contributed by atoms with Crippen LogP contribution in [0.1, 0.15) is 66.7 Å². The predicted octanol–water partition coefficient (Wildman–Crippen LogP) is 4.81. The van der Waals surface area contributed by atoms with Crippen molar-refractivity contribution in [3.63, 3.8) is 0 Å². The molecule has 0 saturated carbocycles. The second-order valence-electron chi connectivity index (χ2n) is 10.4. The molecule has 2 aliphatic heterocycles. The number of ketones is 2. The van der Waals surface area contributed by atoms with Crippen LogP contribution in [0.15, 0.2) is 86.0 Å². The number of esters is 1. The summed E-state index contributed by atoms with van der Waals surface area (Å²) in [4.78, 5) is 65.2. The molecule has 2 aromatic carbocycles. The molecular formula is C33H38N2O6. The van der Waals surface area contributed by atoms with E-state index in [1.807, 2.05) is 25.1 Å². The van der Waals surface area contributed by atoms with Gasteiger partial charge in [-0.1, -0.05) is 55.1 Å². The van der Waals surface area contributed by atoms with Crippen LogP contribution in [-0.2, 0) is 19.1 Å². The van der Waals surface area contributed by atoms with Crippen molar-refractivity contribution >= 4 is 29.4 Å². The van der Waals surface area contributed by atoms with Gasteiger partial charge >= 0.3 is 5.97 Å². The van der Waals surface area contributed by atoms with Gasteiger partial charge in [0.1, 0.15) is 12.1 Å². The van der Waals surface area contributed by atoms with E-state index in [0.717, 1.165) is 6.42 Å². The van der Waals surface area contributed by atoms with Crippen LogP contribution in [0.2, 0.25) is 0 Å². The number of hydrogen-bond acceptors (Lipinski definition) is 6. The minimum Gasteiger partial charge on any atom is -0.459 e. The number of rotatable bonds is 7. The Bertz CT molecular complexity index is 1290. The molecule has 0 aliphatic carbocycles. The topological polar surface area (TPSA) is 101 Å². The van der Waals surface area contributed by atoms with E-state index in [0.29, 0.717) is 43.5 Å². The summed E-state index contributed by atoms with van der Waals surface area (Å²) in [5.41, 5.74) is -1.24. The lowest BCUT2D eigenvalue weighted by Gasteiger charge is -2.43. The highest BCUT2D eigenvalue weighted by Gasteiger charge is 2.51. The van der Waals surface area contributed by atoms with E-state index < -0.39 is 17.0 Å². The lowest BCUT2D eigenvalue weighted by atomic mass is 9.83. The third-order valence-corrected chi connectivity index (χ3v) is 7.65. The Hall–Kier alpha value is -4.33. The first-order chi connectivity index (χ1) is 19.6. The van der Waals surface area contributed by atoms with Crippen molar-refractivity contribution in [2.45, 2.75) is 57.0 Å². The molecule has 0 spiro atoms. The van der Waals surface area contributed by atoms with Gasteiger partial charge in [0.15, 0.2) is 17.1 Å². The summed E-state index contributed by atoms with van der Waals surface area (Å²) in [5, 5.41) is 0. The SMILES string of the molecule is C=CCOC(=O)C1(C)C(=O)CCCN1C(=O)c1ccccc1.C=CC[C@@]1(C)C(=O)CCCN1C(=O)c1ccccc1. The monoisotopic (exact) mass is 558 g/mol. The Kier molecular flexibility index (Phi) is 10.5. The number of carbonyl (C=O) groups is 5. The Morgan fingerprint density at radius 1 is 0.780 bits per heavy atom. The summed E-state index contributed by atoms with van der Waals surface area (Å²) in [6.45, 7) is 11.5. The molecular weight excluding hydrogens is 520 g/mol. The van der Waals surface area contributed by atoms with E-state index in [-0.39, 0.29) is 36.4 Å². The maximum Gasteiger partial charge on any atom is 0.339 e. The van der Waals surface area contributed by atoms with Crippen molar-refractivity contribution in [3.05, 3.63) is 97.1 Å². The molecule has 2 aromatic rings. The largest absolute Gasteiger partial charge is 0.459 e. The third-order valence-electron chi connectivity index (χ3n) is 7.65. The summed E-state index contributed by atoms with van der Waals surface area (Å²) >= 11 is 0. The maximum absolute atomic E-state index is 12.7. The van der Waals surface area contributed by atoms with Gasteiger partial charge in [-0.15, -0.1) is 6.58 Å². The molecule has 41 heavy (non-hydrogen) atoms. The van der Waals surface area contributed by atoms with Crippen LogP contribution >= 0.6 is 0 Å². The second kappa shape index (κ2) is 13.8.